The van der Waals surface area contributed by atoms with Gasteiger partial charge in [-0.2, -0.15) is 0 Å². The molecule has 0 saturated heterocycles. The van der Waals surface area contributed by atoms with Crippen LogP contribution in [0.2, 0.25) is 0 Å². The van der Waals surface area contributed by atoms with Gasteiger partial charge in [0.15, 0.2) is 28.8 Å². The number of fused-ring (bicyclic) bond motifs is 2. The maximum absolute atomic E-state index is 14.2. The molecule has 8 nitrogen and oxygen atoms in total. The van der Waals surface area contributed by atoms with Crippen LogP contribution in [0.4, 0.5) is 5.69 Å². The van der Waals surface area contributed by atoms with E-state index in [1.807, 2.05) is 36.4 Å². The summed E-state index contributed by atoms with van der Waals surface area (Å²) in [6, 6.07) is 11.0. The van der Waals surface area contributed by atoms with E-state index in [0.717, 1.165) is 36.9 Å². The van der Waals surface area contributed by atoms with E-state index in [4.69, 9.17) is 28.0 Å². The molecule has 0 aliphatic carbocycles. The van der Waals surface area contributed by atoms with Crippen molar-refractivity contribution < 1.29 is 32.6 Å². The Morgan fingerprint density at radius 1 is 0.844 bits per heavy atom. The van der Waals surface area contributed by atoms with Crippen LogP contribution in [0.5, 0.6) is 23.0 Å². The van der Waals surface area contributed by atoms with E-state index in [2.05, 4.69) is 19.2 Å². The van der Waals surface area contributed by atoms with Gasteiger partial charge in [0.2, 0.25) is 13.6 Å². The maximum Gasteiger partial charge on any atom is 0.357 e. The molecule has 0 bridgehead atoms. The van der Waals surface area contributed by atoms with Crippen molar-refractivity contribution in [3.05, 3.63) is 42.0 Å². The molecule has 4 rings (SSSR count). The third-order valence-corrected chi connectivity index (χ3v) is 7.39. The first kappa shape index (κ1) is 22.8. The number of rotatable bonds is 12. The van der Waals surface area contributed by atoms with E-state index < -0.39 is 13.4 Å². The average molecular weight is 463 g/mol. The predicted octanol–water partition coefficient (Wildman–Crippen LogP) is 6.08. The van der Waals surface area contributed by atoms with Crippen molar-refractivity contribution in [2.45, 2.75) is 45.3 Å². The molecule has 0 amide bonds. The molecule has 174 valence electrons. The topological polar surface area (TPSA) is 84.5 Å². The normalized spacial score (nSPS) is 15.1. The Kier molecular flexibility index (Phi) is 7.45. The predicted molar refractivity (Wildman–Crippen MR) is 121 cm³/mol. The van der Waals surface area contributed by atoms with E-state index in [0.29, 0.717) is 36.2 Å². The number of nitrogens with one attached hydrogen (secondary N) is 1. The van der Waals surface area contributed by atoms with Gasteiger partial charge < -0.3 is 33.3 Å². The Hall–Kier alpha value is -2.41. The average Bonchev–Trinajstić information content (AvgIpc) is 3.46. The summed E-state index contributed by atoms with van der Waals surface area (Å²) in [6.45, 7) is 5.17. The SMILES string of the molecule is CCCCOP(=O)(OCCCC)C(Nc1ccc2c(c1)OCO2)c1ccc2c(c1)OCO2. The number of hydrogen-bond acceptors (Lipinski definition) is 8. The summed E-state index contributed by atoms with van der Waals surface area (Å²) in [6.07, 6.45) is 3.44. The molecule has 32 heavy (non-hydrogen) atoms. The monoisotopic (exact) mass is 463 g/mol. The van der Waals surface area contributed by atoms with Crippen molar-refractivity contribution in [2.75, 3.05) is 32.1 Å². The molecular weight excluding hydrogens is 433 g/mol. The van der Waals surface area contributed by atoms with Crippen molar-refractivity contribution in [1.29, 1.82) is 0 Å². The van der Waals surface area contributed by atoms with Crippen LogP contribution in [0.1, 0.15) is 50.9 Å². The Balaban J connectivity index is 1.67. The maximum atomic E-state index is 14.2. The summed E-state index contributed by atoms with van der Waals surface area (Å²) in [7, 11) is -3.60. The quantitative estimate of drug-likeness (QED) is 0.299. The molecular formula is C23H30NO7P. The van der Waals surface area contributed by atoms with Gasteiger partial charge in [-0.25, -0.2) is 0 Å². The highest BCUT2D eigenvalue weighted by Crippen LogP contribution is 2.62. The third kappa shape index (κ3) is 5.14. The van der Waals surface area contributed by atoms with Gasteiger partial charge >= 0.3 is 7.60 Å². The number of benzene rings is 2. The van der Waals surface area contributed by atoms with Crippen LogP contribution in [0.3, 0.4) is 0 Å². The van der Waals surface area contributed by atoms with E-state index in [-0.39, 0.29) is 13.6 Å². The van der Waals surface area contributed by atoms with Crippen LogP contribution in [-0.2, 0) is 13.6 Å². The van der Waals surface area contributed by atoms with E-state index in [9.17, 15) is 4.57 Å². The first-order valence-corrected chi connectivity index (χ1v) is 12.7. The van der Waals surface area contributed by atoms with E-state index >= 15 is 0 Å². The molecule has 0 aromatic heterocycles. The van der Waals surface area contributed by atoms with Gasteiger partial charge in [0.05, 0.1) is 13.2 Å². The molecule has 1 N–H and O–H groups in total. The molecule has 0 fully saturated rings. The van der Waals surface area contributed by atoms with Crippen LogP contribution < -0.4 is 24.3 Å². The zero-order valence-corrected chi connectivity index (χ0v) is 19.4. The molecule has 1 atom stereocenters. The minimum Gasteiger partial charge on any atom is -0.454 e. The Morgan fingerprint density at radius 2 is 1.41 bits per heavy atom. The van der Waals surface area contributed by atoms with Crippen LogP contribution in [0, 0.1) is 0 Å². The fraction of sp³-hybridized carbons (Fsp3) is 0.478. The van der Waals surface area contributed by atoms with Crippen molar-refractivity contribution in [3.8, 4) is 23.0 Å². The standard InChI is InChI=1S/C23H30NO7P/c1-3-5-11-30-32(25,31-12-6-4-2)23(17-7-9-19-21(13-17)28-15-26-19)24-18-8-10-20-22(14-18)29-16-27-20/h7-10,13-14,23-24H,3-6,11-12,15-16H2,1-2H3. The lowest BCUT2D eigenvalue weighted by molar-refractivity contribution is 0.173. The third-order valence-electron chi connectivity index (χ3n) is 5.24. The van der Waals surface area contributed by atoms with Gasteiger partial charge in [0, 0.05) is 11.8 Å². The van der Waals surface area contributed by atoms with Crippen LogP contribution in [0.25, 0.3) is 0 Å². The Morgan fingerprint density at radius 3 is 2.03 bits per heavy atom. The molecule has 0 radical (unpaired) electrons. The van der Waals surface area contributed by atoms with Crippen molar-refractivity contribution in [2.24, 2.45) is 0 Å². The van der Waals surface area contributed by atoms with Gasteiger partial charge in [0.25, 0.3) is 0 Å². The highest BCUT2D eigenvalue weighted by molar-refractivity contribution is 7.54. The summed E-state index contributed by atoms with van der Waals surface area (Å²) < 4.78 is 48.0. The fourth-order valence-corrected chi connectivity index (χ4v) is 5.40. The smallest absolute Gasteiger partial charge is 0.357 e. The highest BCUT2D eigenvalue weighted by Gasteiger charge is 2.38. The van der Waals surface area contributed by atoms with Crippen molar-refractivity contribution in [1.82, 2.24) is 0 Å². The molecule has 2 aromatic rings. The zero-order chi connectivity index (χ0) is 22.4. The van der Waals surface area contributed by atoms with Gasteiger partial charge in [-0.05, 0) is 42.7 Å². The summed E-state index contributed by atoms with van der Waals surface area (Å²) in [5, 5.41) is 3.37. The van der Waals surface area contributed by atoms with Crippen molar-refractivity contribution in [3.63, 3.8) is 0 Å². The molecule has 0 spiro atoms. The Labute approximate surface area is 188 Å². The second-order valence-corrected chi connectivity index (χ2v) is 9.75. The first-order chi connectivity index (χ1) is 15.6. The molecule has 1 unspecified atom stereocenters. The number of unbranched alkanes of at least 4 members (excludes halogenated alkanes) is 2. The number of hydrogen-bond donors (Lipinski definition) is 1. The lowest BCUT2D eigenvalue weighted by atomic mass is 10.2. The molecule has 0 saturated carbocycles. The highest BCUT2D eigenvalue weighted by atomic mass is 31.2. The summed E-state index contributed by atoms with van der Waals surface area (Å²) in [4.78, 5) is 0. The minimum absolute atomic E-state index is 0.163. The largest absolute Gasteiger partial charge is 0.454 e. The van der Waals surface area contributed by atoms with Gasteiger partial charge in [0.1, 0.15) is 0 Å². The molecule has 2 aliphatic heterocycles. The van der Waals surface area contributed by atoms with Crippen LogP contribution in [-0.4, -0.2) is 26.8 Å². The number of ether oxygens (including phenoxy) is 4. The molecule has 2 heterocycles. The number of anilines is 1. The minimum atomic E-state index is -3.60. The summed E-state index contributed by atoms with van der Waals surface area (Å²) in [5.41, 5.74) is 1.44. The van der Waals surface area contributed by atoms with Crippen LogP contribution in [0.15, 0.2) is 36.4 Å². The summed E-state index contributed by atoms with van der Waals surface area (Å²) in [5.74, 6) is 1.83. The van der Waals surface area contributed by atoms with Crippen LogP contribution >= 0.6 is 7.60 Å². The van der Waals surface area contributed by atoms with Gasteiger partial charge in [-0.15, -0.1) is 0 Å². The molecule has 2 aliphatic rings. The lowest BCUT2D eigenvalue weighted by Crippen LogP contribution is -2.16. The fourth-order valence-electron chi connectivity index (χ4n) is 3.43. The summed E-state index contributed by atoms with van der Waals surface area (Å²) >= 11 is 0. The second kappa shape index (κ2) is 10.5. The van der Waals surface area contributed by atoms with E-state index in [1.165, 1.54) is 0 Å². The molecule has 9 heteroatoms. The first-order valence-electron chi connectivity index (χ1n) is 11.1. The Bertz CT molecular complexity index is 953. The van der Waals surface area contributed by atoms with Crippen molar-refractivity contribution >= 4 is 13.3 Å². The molecule has 2 aromatic carbocycles. The lowest BCUT2D eigenvalue weighted by Gasteiger charge is -2.29. The second-order valence-electron chi connectivity index (χ2n) is 7.64. The zero-order valence-electron chi connectivity index (χ0n) is 18.5. The van der Waals surface area contributed by atoms with Gasteiger partial charge in [-0.3, -0.25) is 4.57 Å². The van der Waals surface area contributed by atoms with E-state index in [1.54, 1.807) is 0 Å². The van der Waals surface area contributed by atoms with Gasteiger partial charge in [-0.1, -0.05) is 32.8 Å².